The summed E-state index contributed by atoms with van der Waals surface area (Å²) in [6, 6.07) is 18.9. The average molecular weight is 453 g/mol. The Hall–Kier alpha value is -3.32. The fourth-order valence-electron chi connectivity index (χ4n) is 3.06. The Labute approximate surface area is 189 Å². The largest absolute Gasteiger partial charge is 0.481 e. The van der Waals surface area contributed by atoms with Crippen LogP contribution in [0.15, 0.2) is 71.6 Å². The minimum atomic E-state index is -3.74. The minimum absolute atomic E-state index is 0.108. The van der Waals surface area contributed by atoms with E-state index in [4.69, 9.17) is 4.74 Å². The smallest absolute Gasteiger partial charge is 0.265 e. The van der Waals surface area contributed by atoms with Gasteiger partial charge in [0, 0.05) is 11.4 Å². The predicted octanol–water partition coefficient (Wildman–Crippen LogP) is 5.21. The van der Waals surface area contributed by atoms with Gasteiger partial charge < -0.3 is 10.1 Å². The normalized spacial score (nSPS) is 12.1. The molecule has 7 heteroatoms. The van der Waals surface area contributed by atoms with Crippen molar-refractivity contribution < 1.29 is 17.9 Å². The van der Waals surface area contributed by atoms with Gasteiger partial charge in [0.25, 0.3) is 15.9 Å². The van der Waals surface area contributed by atoms with Gasteiger partial charge in [0.2, 0.25) is 0 Å². The maximum Gasteiger partial charge on any atom is 0.265 e. The molecule has 1 atom stereocenters. The SMILES string of the molecule is CCC(Oc1ccc(C)cc1)C(=O)Nc1ccc(S(=O)(=O)Nc2ccc(C)c(C)c2)cc1. The highest BCUT2D eigenvalue weighted by Gasteiger charge is 2.19. The highest BCUT2D eigenvalue weighted by molar-refractivity contribution is 7.92. The lowest BCUT2D eigenvalue weighted by molar-refractivity contribution is -0.122. The van der Waals surface area contributed by atoms with E-state index >= 15 is 0 Å². The first-order chi connectivity index (χ1) is 15.2. The molecule has 0 aliphatic carbocycles. The summed E-state index contributed by atoms with van der Waals surface area (Å²) in [7, 11) is -3.74. The maximum absolute atomic E-state index is 12.7. The van der Waals surface area contributed by atoms with Gasteiger partial charge in [0.15, 0.2) is 6.10 Å². The molecule has 3 aromatic rings. The van der Waals surface area contributed by atoms with E-state index < -0.39 is 16.1 Å². The van der Waals surface area contributed by atoms with Crippen LogP contribution in [0, 0.1) is 20.8 Å². The highest BCUT2D eigenvalue weighted by Crippen LogP contribution is 2.21. The summed E-state index contributed by atoms with van der Waals surface area (Å²) in [6.45, 7) is 7.74. The zero-order valence-corrected chi connectivity index (χ0v) is 19.5. The quantitative estimate of drug-likeness (QED) is 0.491. The first-order valence-corrected chi connectivity index (χ1v) is 11.9. The number of carbonyl (C=O) groups is 1. The number of ether oxygens (including phenoxy) is 1. The molecule has 0 aromatic heterocycles. The molecule has 0 bridgehead atoms. The average Bonchev–Trinajstić information content (AvgIpc) is 2.76. The van der Waals surface area contributed by atoms with E-state index in [9.17, 15) is 13.2 Å². The van der Waals surface area contributed by atoms with E-state index in [2.05, 4.69) is 10.0 Å². The van der Waals surface area contributed by atoms with Crippen LogP contribution in [0.2, 0.25) is 0 Å². The fraction of sp³-hybridized carbons (Fsp3) is 0.240. The molecule has 1 amide bonds. The first kappa shape index (κ1) is 23.3. The predicted molar refractivity (Wildman–Crippen MR) is 128 cm³/mol. The van der Waals surface area contributed by atoms with E-state index in [-0.39, 0.29) is 10.8 Å². The molecular formula is C25H28N2O4S. The van der Waals surface area contributed by atoms with Crippen LogP contribution in [0.25, 0.3) is 0 Å². The van der Waals surface area contributed by atoms with Gasteiger partial charge in [0.05, 0.1) is 4.90 Å². The van der Waals surface area contributed by atoms with Crippen LogP contribution in [0.4, 0.5) is 11.4 Å². The summed E-state index contributed by atoms with van der Waals surface area (Å²) in [5.74, 6) is 0.327. The molecule has 0 saturated heterocycles. The molecule has 0 fully saturated rings. The van der Waals surface area contributed by atoms with E-state index in [0.29, 0.717) is 23.5 Å². The lowest BCUT2D eigenvalue weighted by Crippen LogP contribution is -2.32. The van der Waals surface area contributed by atoms with Crippen molar-refractivity contribution >= 4 is 27.3 Å². The van der Waals surface area contributed by atoms with Crippen molar-refractivity contribution in [1.29, 1.82) is 0 Å². The minimum Gasteiger partial charge on any atom is -0.481 e. The van der Waals surface area contributed by atoms with Crippen molar-refractivity contribution in [1.82, 2.24) is 0 Å². The number of rotatable bonds is 8. The Morgan fingerprint density at radius 2 is 1.50 bits per heavy atom. The molecule has 168 valence electrons. The van der Waals surface area contributed by atoms with Gasteiger partial charge in [-0.05, 0) is 86.8 Å². The summed E-state index contributed by atoms with van der Waals surface area (Å²) in [5, 5.41) is 2.79. The van der Waals surface area contributed by atoms with Gasteiger partial charge in [-0.3, -0.25) is 9.52 Å². The van der Waals surface area contributed by atoms with Crippen molar-refractivity contribution in [2.45, 2.75) is 45.1 Å². The van der Waals surface area contributed by atoms with Crippen LogP contribution in [0.3, 0.4) is 0 Å². The molecule has 0 saturated carbocycles. The number of nitrogens with one attached hydrogen (secondary N) is 2. The molecule has 0 radical (unpaired) electrons. The van der Waals surface area contributed by atoms with Crippen LogP contribution in [0.1, 0.15) is 30.0 Å². The second-order valence-corrected chi connectivity index (χ2v) is 9.43. The van der Waals surface area contributed by atoms with E-state index in [0.717, 1.165) is 16.7 Å². The van der Waals surface area contributed by atoms with E-state index in [1.165, 1.54) is 12.1 Å². The van der Waals surface area contributed by atoms with Gasteiger partial charge in [0.1, 0.15) is 5.75 Å². The monoisotopic (exact) mass is 452 g/mol. The lowest BCUT2D eigenvalue weighted by Gasteiger charge is -2.17. The van der Waals surface area contributed by atoms with Gasteiger partial charge in [-0.2, -0.15) is 0 Å². The van der Waals surface area contributed by atoms with Crippen molar-refractivity contribution in [2.24, 2.45) is 0 Å². The molecule has 3 rings (SSSR count). The summed E-state index contributed by atoms with van der Waals surface area (Å²) < 4.78 is 33.8. The van der Waals surface area contributed by atoms with Crippen molar-refractivity contribution in [3.63, 3.8) is 0 Å². The van der Waals surface area contributed by atoms with Crippen LogP contribution < -0.4 is 14.8 Å². The second kappa shape index (κ2) is 9.87. The van der Waals surface area contributed by atoms with Crippen LogP contribution >= 0.6 is 0 Å². The third kappa shape index (κ3) is 5.88. The number of hydrogen-bond acceptors (Lipinski definition) is 4. The molecule has 3 aromatic carbocycles. The lowest BCUT2D eigenvalue weighted by atomic mass is 10.1. The molecule has 0 aliphatic rings. The summed E-state index contributed by atoms with van der Waals surface area (Å²) in [5.41, 5.74) is 4.19. The number of carbonyl (C=O) groups excluding carboxylic acids is 1. The van der Waals surface area contributed by atoms with Gasteiger partial charge >= 0.3 is 0 Å². The molecule has 0 spiro atoms. The second-order valence-electron chi connectivity index (χ2n) is 7.75. The summed E-state index contributed by atoms with van der Waals surface area (Å²) >= 11 is 0. The Kier molecular flexibility index (Phi) is 7.20. The Morgan fingerprint density at radius 1 is 0.875 bits per heavy atom. The maximum atomic E-state index is 12.7. The zero-order valence-electron chi connectivity index (χ0n) is 18.7. The number of amides is 1. The third-order valence-corrected chi connectivity index (χ3v) is 6.55. The van der Waals surface area contributed by atoms with Crippen LogP contribution in [-0.2, 0) is 14.8 Å². The molecule has 32 heavy (non-hydrogen) atoms. The van der Waals surface area contributed by atoms with E-state index in [1.807, 2.05) is 58.0 Å². The number of hydrogen-bond donors (Lipinski definition) is 2. The van der Waals surface area contributed by atoms with Crippen LogP contribution in [-0.4, -0.2) is 20.4 Å². The Morgan fingerprint density at radius 3 is 2.09 bits per heavy atom. The van der Waals surface area contributed by atoms with Crippen molar-refractivity contribution in [3.05, 3.63) is 83.4 Å². The molecule has 0 aliphatic heterocycles. The summed E-state index contributed by atoms with van der Waals surface area (Å²) in [4.78, 5) is 12.7. The topological polar surface area (TPSA) is 84.5 Å². The molecular weight excluding hydrogens is 424 g/mol. The highest BCUT2D eigenvalue weighted by atomic mass is 32.2. The third-order valence-electron chi connectivity index (χ3n) is 5.15. The molecule has 6 nitrogen and oxygen atoms in total. The fourth-order valence-corrected chi connectivity index (χ4v) is 4.11. The number of benzene rings is 3. The number of anilines is 2. The van der Waals surface area contributed by atoms with Gasteiger partial charge in [-0.1, -0.05) is 30.7 Å². The van der Waals surface area contributed by atoms with Crippen molar-refractivity contribution in [2.75, 3.05) is 10.0 Å². The van der Waals surface area contributed by atoms with Gasteiger partial charge in [-0.15, -0.1) is 0 Å². The Bertz CT molecular complexity index is 1190. The first-order valence-electron chi connectivity index (χ1n) is 10.4. The number of sulfonamides is 1. The van der Waals surface area contributed by atoms with E-state index in [1.54, 1.807) is 24.3 Å². The van der Waals surface area contributed by atoms with Crippen molar-refractivity contribution in [3.8, 4) is 5.75 Å². The molecule has 0 heterocycles. The molecule has 1 unspecified atom stereocenters. The van der Waals surface area contributed by atoms with Gasteiger partial charge in [-0.25, -0.2) is 8.42 Å². The number of aryl methyl sites for hydroxylation is 3. The standard InChI is InChI=1S/C25H28N2O4S/c1-5-24(31-22-12-6-17(2)7-13-22)25(28)26-20-10-14-23(15-11-20)32(29,30)27-21-9-8-18(3)19(4)16-21/h6-16,24,27H,5H2,1-4H3,(H,26,28). The zero-order chi connectivity index (χ0) is 23.3. The Balaban J connectivity index is 1.66. The molecule has 2 N–H and O–H groups in total. The van der Waals surface area contributed by atoms with Crippen LogP contribution in [0.5, 0.6) is 5.75 Å². The summed E-state index contributed by atoms with van der Waals surface area (Å²) in [6.07, 6.45) is -0.168.